The molecule has 0 N–H and O–H groups in total. The largest absolute Gasteiger partial charge is 0.460 e. The molecule has 0 bridgehead atoms. The van der Waals surface area contributed by atoms with E-state index in [0.717, 1.165) is 13.0 Å². The Morgan fingerprint density at radius 3 is 1.69 bits per heavy atom. The minimum absolute atomic E-state index is 0.0323. The molecule has 1 rings (SSSR count). The van der Waals surface area contributed by atoms with Crippen LogP contribution in [0.4, 0.5) is 0 Å². The molecule has 1 saturated heterocycles. The molecule has 172 valence electrons. The number of nitrogens with zero attached hydrogens (tertiary/aromatic N) is 1. The van der Waals surface area contributed by atoms with Crippen molar-refractivity contribution in [1.29, 1.82) is 0 Å². The second-order valence-corrected chi connectivity index (χ2v) is 9.51. The third-order valence-electron chi connectivity index (χ3n) is 6.81. The molecule has 0 aromatic rings. The van der Waals surface area contributed by atoms with Crippen LogP contribution in [-0.4, -0.2) is 43.2 Å². The number of ether oxygens (including phenoxy) is 1. The Hall–Kier alpha value is -0.570. The zero-order valence-electron chi connectivity index (χ0n) is 20.0. The van der Waals surface area contributed by atoms with Gasteiger partial charge >= 0.3 is 5.97 Å². The van der Waals surface area contributed by atoms with Gasteiger partial charge < -0.3 is 9.22 Å². The van der Waals surface area contributed by atoms with E-state index in [1.54, 1.807) is 0 Å². The van der Waals surface area contributed by atoms with Crippen LogP contribution < -0.4 is 0 Å². The minimum atomic E-state index is 0.0323. The average Bonchev–Trinajstić information content (AvgIpc) is 3.18. The first-order chi connectivity index (χ1) is 14.2. The van der Waals surface area contributed by atoms with Gasteiger partial charge in [0.25, 0.3) is 0 Å². The van der Waals surface area contributed by atoms with Crippen molar-refractivity contribution in [3.63, 3.8) is 0 Å². The van der Waals surface area contributed by atoms with Crippen LogP contribution >= 0.6 is 0 Å². The quantitative estimate of drug-likeness (QED) is 0.118. The summed E-state index contributed by atoms with van der Waals surface area (Å²) in [6.45, 7) is 10.1. The standard InChI is InChI=1S/C26H52NO2/c1-3-5-7-9-11-12-13-14-16-20-26(28)29-25-24-27(22-18-19-23-27)21-17-15-10-8-6-4-2/h3-25H2,1-2H3/q+1. The summed E-state index contributed by atoms with van der Waals surface area (Å²) < 4.78 is 6.81. The van der Waals surface area contributed by atoms with Gasteiger partial charge in [0.2, 0.25) is 0 Å². The first kappa shape index (κ1) is 26.5. The van der Waals surface area contributed by atoms with Gasteiger partial charge in [0, 0.05) is 19.3 Å². The highest BCUT2D eigenvalue weighted by Crippen LogP contribution is 2.21. The van der Waals surface area contributed by atoms with E-state index in [-0.39, 0.29) is 5.97 Å². The predicted molar refractivity (Wildman–Crippen MR) is 125 cm³/mol. The van der Waals surface area contributed by atoms with Gasteiger partial charge in [0.1, 0.15) is 13.2 Å². The Bertz CT molecular complexity index is 377. The third-order valence-corrected chi connectivity index (χ3v) is 6.81. The van der Waals surface area contributed by atoms with Crippen molar-refractivity contribution in [1.82, 2.24) is 0 Å². The van der Waals surface area contributed by atoms with Crippen LogP contribution in [0.2, 0.25) is 0 Å². The number of likely N-dealkylation sites (tertiary alicyclic amines) is 1. The molecule has 3 nitrogen and oxygen atoms in total. The van der Waals surface area contributed by atoms with E-state index >= 15 is 0 Å². The fraction of sp³-hybridized carbons (Fsp3) is 0.962. The highest BCUT2D eigenvalue weighted by atomic mass is 16.5. The Balaban J connectivity index is 2.02. The molecule has 0 spiro atoms. The van der Waals surface area contributed by atoms with Crippen LogP contribution in [0.15, 0.2) is 0 Å². The van der Waals surface area contributed by atoms with E-state index < -0.39 is 0 Å². The number of esters is 1. The molecule has 1 heterocycles. The second kappa shape index (κ2) is 18.2. The van der Waals surface area contributed by atoms with E-state index in [0.29, 0.717) is 13.0 Å². The summed E-state index contributed by atoms with van der Waals surface area (Å²) in [5.74, 6) is 0.0323. The zero-order valence-corrected chi connectivity index (χ0v) is 20.0. The summed E-state index contributed by atoms with van der Waals surface area (Å²) in [5.41, 5.74) is 0. The van der Waals surface area contributed by atoms with Crippen molar-refractivity contribution in [2.45, 2.75) is 129 Å². The summed E-state index contributed by atoms with van der Waals surface area (Å²) in [6, 6.07) is 0. The van der Waals surface area contributed by atoms with Gasteiger partial charge in [-0.25, -0.2) is 0 Å². The Morgan fingerprint density at radius 1 is 0.655 bits per heavy atom. The summed E-state index contributed by atoms with van der Waals surface area (Å²) >= 11 is 0. The van der Waals surface area contributed by atoms with Gasteiger partial charge in [0.05, 0.1) is 19.6 Å². The summed E-state index contributed by atoms with van der Waals surface area (Å²) in [5, 5.41) is 0. The number of unbranched alkanes of at least 4 members (excludes halogenated alkanes) is 13. The van der Waals surface area contributed by atoms with E-state index in [1.165, 1.54) is 127 Å². The summed E-state index contributed by atoms with van der Waals surface area (Å²) in [7, 11) is 0. The Labute approximate surface area is 182 Å². The zero-order chi connectivity index (χ0) is 21.0. The van der Waals surface area contributed by atoms with Crippen LogP contribution in [0.1, 0.15) is 129 Å². The SMILES string of the molecule is CCCCCCCCCCCC(=O)OCC[N+]1(CCCCCCCC)CCCC1. The Morgan fingerprint density at radius 2 is 1.14 bits per heavy atom. The average molecular weight is 411 g/mol. The fourth-order valence-corrected chi connectivity index (χ4v) is 4.80. The molecule has 0 amide bonds. The molecule has 3 heteroatoms. The molecule has 1 fully saturated rings. The van der Waals surface area contributed by atoms with Gasteiger partial charge in [0.15, 0.2) is 0 Å². The van der Waals surface area contributed by atoms with Gasteiger partial charge in [-0.2, -0.15) is 0 Å². The Kier molecular flexibility index (Phi) is 16.6. The lowest BCUT2D eigenvalue weighted by molar-refractivity contribution is -0.917. The van der Waals surface area contributed by atoms with Crippen LogP contribution in [0.5, 0.6) is 0 Å². The number of quaternary nitrogens is 1. The number of hydrogen-bond donors (Lipinski definition) is 0. The predicted octanol–water partition coefficient (Wildman–Crippen LogP) is 7.42. The highest BCUT2D eigenvalue weighted by molar-refractivity contribution is 5.69. The molecule has 0 unspecified atom stereocenters. The molecule has 0 radical (unpaired) electrons. The lowest BCUT2D eigenvalue weighted by Crippen LogP contribution is -2.48. The molecule has 0 aliphatic carbocycles. The summed E-state index contributed by atoms with van der Waals surface area (Å²) in [6.07, 6.45) is 23.2. The topological polar surface area (TPSA) is 26.3 Å². The van der Waals surface area contributed by atoms with Crippen LogP contribution in [0.25, 0.3) is 0 Å². The van der Waals surface area contributed by atoms with Crippen molar-refractivity contribution in [3.8, 4) is 0 Å². The fourth-order valence-electron chi connectivity index (χ4n) is 4.80. The maximum atomic E-state index is 12.1. The van der Waals surface area contributed by atoms with Crippen molar-refractivity contribution < 1.29 is 14.0 Å². The molecule has 1 aliphatic heterocycles. The van der Waals surface area contributed by atoms with Crippen molar-refractivity contribution in [3.05, 3.63) is 0 Å². The van der Waals surface area contributed by atoms with Crippen molar-refractivity contribution in [2.24, 2.45) is 0 Å². The van der Waals surface area contributed by atoms with E-state index in [9.17, 15) is 4.79 Å². The van der Waals surface area contributed by atoms with Crippen molar-refractivity contribution in [2.75, 3.05) is 32.8 Å². The van der Waals surface area contributed by atoms with Gasteiger partial charge in [-0.15, -0.1) is 0 Å². The normalized spacial score (nSPS) is 15.7. The van der Waals surface area contributed by atoms with Crippen molar-refractivity contribution >= 4 is 5.97 Å². The molecule has 1 aliphatic rings. The van der Waals surface area contributed by atoms with Crippen LogP contribution in [0.3, 0.4) is 0 Å². The number of hydrogen-bond acceptors (Lipinski definition) is 2. The first-order valence-electron chi connectivity index (χ1n) is 13.2. The highest BCUT2D eigenvalue weighted by Gasteiger charge is 2.31. The van der Waals surface area contributed by atoms with Gasteiger partial charge in [-0.1, -0.05) is 90.9 Å². The third kappa shape index (κ3) is 14.1. The van der Waals surface area contributed by atoms with Gasteiger partial charge in [-0.05, 0) is 19.3 Å². The molecule has 0 aromatic carbocycles. The minimum Gasteiger partial charge on any atom is -0.460 e. The summed E-state index contributed by atoms with van der Waals surface area (Å²) in [4.78, 5) is 12.1. The monoisotopic (exact) mass is 410 g/mol. The molecule has 0 atom stereocenters. The van der Waals surface area contributed by atoms with E-state index in [4.69, 9.17) is 4.74 Å². The maximum absolute atomic E-state index is 12.1. The first-order valence-corrected chi connectivity index (χ1v) is 13.2. The van der Waals surface area contributed by atoms with E-state index in [1.807, 2.05) is 0 Å². The number of carbonyl (C=O) groups is 1. The maximum Gasteiger partial charge on any atom is 0.305 e. The second-order valence-electron chi connectivity index (χ2n) is 9.51. The van der Waals surface area contributed by atoms with E-state index in [2.05, 4.69) is 13.8 Å². The molecule has 0 aromatic heterocycles. The lowest BCUT2D eigenvalue weighted by Gasteiger charge is -2.34. The number of rotatable bonds is 20. The lowest BCUT2D eigenvalue weighted by atomic mass is 10.1. The molecular formula is C26H52NO2+. The molecule has 29 heavy (non-hydrogen) atoms. The molecular weight excluding hydrogens is 358 g/mol. The van der Waals surface area contributed by atoms with Gasteiger partial charge in [-0.3, -0.25) is 4.79 Å². The number of carbonyl (C=O) groups excluding carboxylic acids is 1. The smallest absolute Gasteiger partial charge is 0.305 e. The van der Waals surface area contributed by atoms with Crippen LogP contribution in [-0.2, 0) is 9.53 Å². The molecule has 0 saturated carbocycles. The van der Waals surface area contributed by atoms with Crippen LogP contribution in [0, 0.1) is 0 Å².